The van der Waals surface area contributed by atoms with Crippen molar-refractivity contribution in [2.75, 3.05) is 18.0 Å². The van der Waals surface area contributed by atoms with Crippen LogP contribution in [0.15, 0.2) is 12.3 Å². The van der Waals surface area contributed by atoms with E-state index in [0.717, 1.165) is 56.3 Å². The number of aldehydes is 1. The first-order valence-electron chi connectivity index (χ1n) is 8.99. The van der Waals surface area contributed by atoms with Crippen molar-refractivity contribution in [1.29, 1.82) is 0 Å². The van der Waals surface area contributed by atoms with Crippen molar-refractivity contribution in [3.8, 4) is 11.6 Å². The Morgan fingerprint density at radius 3 is 2.81 bits per heavy atom. The van der Waals surface area contributed by atoms with E-state index >= 15 is 0 Å². The van der Waals surface area contributed by atoms with E-state index in [1.54, 1.807) is 0 Å². The highest BCUT2D eigenvalue weighted by Crippen LogP contribution is 2.43. The van der Waals surface area contributed by atoms with Gasteiger partial charge in [-0.05, 0) is 44.2 Å². The second kappa shape index (κ2) is 6.48. The monoisotopic (exact) mass is 355 g/mol. The minimum Gasteiger partial charge on any atom is -0.477 e. The highest BCUT2D eigenvalue weighted by atomic mass is 16.5. The topological polar surface area (TPSA) is 84.7 Å². The molecular formula is C19H21N3O4. The minimum absolute atomic E-state index is 0.00119. The average Bonchev–Trinajstić information content (AvgIpc) is 3.07. The van der Waals surface area contributed by atoms with E-state index in [2.05, 4.69) is 10.00 Å². The highest BCUT2D eigenvalue weighted by Gasteiger charge is 2.30. The Balaban J connectivity index is 1.85. The molecule has 136 valence electrons. The molecule has 0 saturated carbocycles. The average molecular weight is 355 g/mol. The quantitative estimate of drug-likeness (QED) is 0.830. The van der Waals surface area contributed by atoms with E-state index in [9.17, 15) is 14.7 Å². The summed E-state index contributed by atoms with van der Waals surface area (Å²) in [4.78, 5) is 25.6. The predicted octanol–water partition coefficient (Wildman–Crippen LogP) is 2.90. The van der Waals surface area contributed by atoms with Crippen LogP contribution in [-0.2, 0) is 19.4 Å². The molecule has 3 heterocycles. The van der Waals surface area contributed by atoms with Gasteiger partial charge in [-0.3, -0.25) is 9.48 Å². The molecule has 2 aliphatic heterocycles. The SMILES string of the molecule is CCn1cc(C(=O)O)c(Oc2c(C=O)cc3c4c2CCCN4CCC3)n1. The number of carboxylic acids is 1. The molecule has 0 atom stereocenters. The van der Waals surface area contributed by atoms with Gasteiger partial charge in [0.15, 0.2) is 6.29 Å². The molecule has 0 spiro atoms. The molecule has 0 bridgehead atoms. The second-order valence-corrected chi connectivity index (χ2v) is 6.70. The van der Waals surface area contributed by atoms with Crippen molar-refractivity contribution >= 4 is 17.9 Å². The van der Waals surface area contributed by atoms with Crippen molar-refractivity contribution in [3.05, 3.63) is 34.5 Å². The zero-order chi connectivity index (χ0) is 18.3. The van der Waals surface area contributed by atoms with Gasteiger partial charge in [-0.1, -0.05) is 0 Å². The van der Waals surface area contributed by atoms with Crippen LogP contribution in [0.3, 0.4) is 0 Å². The van der Waals surface area contributed by atoms with Crippen molar-refractivity contribution in [2.45, 2.75) is 39.2 Å². The summed E-state index contributed by atoms with van der Waals surface area (Å²) in [5.74, 6) is -0.610. The van der Waals surface area contributed by atoms with Gasteiger partial charge in [0.1, 0.15) is 11.3 Å². The maximum absolute atomic E-state index is 11.7. The lowest BCUT2D eigenvalue weighted by molar-refractivity contribution is 0.0694. The summed E-state index contributed by atoms with van der Waals surface area (Å²) in [7, 11) is 0. The minimum atomic E-state index is -1.10. The fourth-order valence-electron chi connectivity index (χ4n) is 3.95. The summed E-state index contributed by atoms with van der Waals surface area (Å²) in [5, 5.41) is 13.7. The van der Waals surface area contributed by atoms with Gasteiger partial charge in [0.2, 0.25) is 0 Å². The lowest BCUT2D eigenvalue weighted by Crippen LogP contribution is -2.34. The molecule has 2 aromatic rings. The molecule has 0 amide bonds. The van der Waals surface area contributed by atoms with E-state index in [-0.39, 0.29) is 11.4 Å². The number of ether oxygens (including phenoxy) is 1. The molecule has 7 heteroatoms. The predicted molar refractivity (Wildman–Crippen MR) is 95.6 cm³/mol. The van der Waals surface area contributed by atoms with Gasteiger partial charge in [0, 0.05) is 37.1 Å². The zero-order valence-electron chi connectivity index (χ0n) is 14.7. The summed E-state index contributed by atoms with van der Waals surface area (Å²) in [6, 6.07) is 1.88. The maximum atomic E-state index is 11.7. The van der Waals surface area contributed by atoms with Gasteiger partial charge in [-0.25, -0.2) is 4.79 Å². The van der Waals surface area contributed by atoms with Crippen LogP contribution in [0.25, 0.3) is 0 Å². The first-order valence-corrected chi connectivity index (χ1v) is 8.99. The van der Waals surface area contributed by atoms with Crippen LogP contribution in [0.4, 0.5) is 5.69 Å². The van der Waals surface area contributed by atoms with Crippen molar-refractivity contribution in [1.82, 2.24) is 9.78 Å². The Hall–Kier alpha value is -2.83. The van der Waals surface area contributed by atoms with Crippen LogP contribution in [0.1, 0.15) is 51.6 Å². The number of carboxylic acid groups (broad SMARTS) is 1. The number of hydrogen-bond acceptors (Lipinski definition) is 5. The third kappa shape index (κ3) is 2.64. The summed E-state index contributed by atoms with van der Waals surface area (Å²) >= 11 is 0. The Kier molecular flexibility index (Phi) is 4.14. The molecule has 1 aromatic carbocycles. The maximum Gasteiger partial charge on any atom is 0.342 e. The summed E-state index contributed by atoms with van der Waals surface area (Å²) in [6.07, 6.45) is 6.07. The highest BCUT2D eigenvalue weighted by molar-refractivity contribution is 5.90. The number of nitrogens with zero attached hydrogens (tertiary/aromatic N) is 3. The van der Waals surface area contributed by atoms with Crippen molar-refractivity contribution < 1.29 is 19.4 Å². The first kappa shape index (κ1) is 16.6. The third-order valence-electron chi connectivity index (χ3n) is 5.11. The van der Waals surface area contributed by atoms with Gasteiger partial charge in [0.05, 0.1) is 5.56 Å². The van der Waals surface area contributed by atoms with Gasteiger partial charge in [-0.15, -0.1) is 5.10 Å². The Bertz CT molecular complexity index is 885. The van der Waals surface area contributed by atoms with E-state index in [4.69, 9.17) is 4.74 Å². The van der Waals surface area contributed by atoms with Crippen LogP contribution in [0.5, 0.6) is 11.6 Å². The van der Waals surface area contributed by atoms with Gasteiger partial charge in [-0.2, -0.15) is 0 Å². The molecule has 2 aliphatic rings. The Labute approximate surface area is 151 Å². The summed E-state index contributed by atoms with van der Waals surface area (Å²) in [5.41, 5.74) is 3.80. The molecule has 1 N–H and O–H groups in total. The number of carbonyl (C=O) groups is 2. The third-order valence-corrected chi connectivity index (χ3v) is 5.11. The number of aromatic carboxylic acids is 1. The number of rotatable bonds is 5. The molecule has 0 aliphatic carbocycles. The van der Waals surface area contributed by atoms with Crippen LogP contribution in [0, 0.1) is 0 Å². The molecule has 0 radical (unpaired) electrons. The Morgan fingerprint density at radius 1 is 1.35 bits per heavy atom. The van der Waals surface area contributed by atoms with E-state index in [1.165, 1.54) is 16.4 Å². The smallest absolute Gasteiger partial charge is 0.342 e. The van der Waals surface area contributed by atoms with Gasteiger partial charge in [0.25, 0.3) is 5.88 Å². The summed E-state index contributed by atoms with van der Waals surface area (Å²) < 4.78 is 7.50. The molecule has 0 saturated heterocycles. The molecule has 1 aromatic heterocycles. The van der Waals surface area contributed by atoms with Crippen LogP contribution >= 0.6 is 0 Å². The van der Waals surface area contributed by atoms with Crippen LogP contribution in [0.2, 0.25) is 0 Å². The lowest BCUT2D eigenvalue weighted by Gasteiger charge is -2.37. The summed E-state index contributed by atoms with van der Waals surface area (Å²) in [6.45, 7) is 4.42. The van der Waals surface area contributed by atoms with Crippen molar-refractivity contribution in [2.24, 2.45) is 0 Å². The molecule has 0 unspecified atom stereocenters. The van der Waals surface area contributed by atoms with E-state index < -0.39 is 5.97 Å². The van der Waals surface area contributed by atoms with Crippen LogP contribution in [-0.4, -0.2) is 40.2 Å². The number of aromatic nitrogens is 2. The van der Waals surface area contributed by atoms with Gasteiger partial charge >= 0.3 is 5.97 Å². The lowest BCUT2D eigenvalue weighted by atomic mass is 9.89. The van der Waals surface area contributed by atoms with E-state index in [0.29, 0.717) is 17.9 Å². The number of hydrogen-bond donors (Lipinski definition) is 1. The molecule has 26 heavy (non-hydrogen) atoms. The zero-order valence-corrected chi connectivity index (χ0v) is 14.7. The molecule has 7 nitrogen and oxygen atoms in total. The van der Waals surface area contributed by atoms with Gasteiger partial charge < -0.3 is 14.7 Å². The second-order valence-electron chi connectivity index (χ2n) is 6.70. The fraction of sp³-hybridized carbons (Fsp3) is 0.421. The molecule has 4 rings (SSSR count). The number of benzene rings is 1. The fourth-order valence-corrected chi connectivity index (χ4v) is 3.95. The first-order chi connectivity index (χ1) is 12.6. The molecule has 0 fully saturated rings. The van der Waals surface area contributed by atoms with Crippen LogP contribution < -0.4 is 9.64 Å². The Morgan fingerprint density at radius 2 is 2.12 bits per heavy atom. The molecular weight excluding hydrogens is 334 g/mol. The normalized spacial score (nSPS) is 15.5. The van der Waals surface area contributed by atoms with Crippen molar-refractivity contribution in [3.63, 3.8) is 0 Å². The standard InChI is InChI=1S/C19H21N3O4/c1-2-22-10-15(19(24)25)18(20-22)26-17-13(11-23)9-12-5-3-7-21-8-4-6-14(17)16(12)21/h9-11H,2-8H2,1H3,(H,24,25). The van der Waals surface area contributed by atoms with E-state index in [1.807, 2.05) is 13.0 Å². The number of carbonyl (C=O) groups excluding carboxylic acids is 1. The number of aryl methyl sites for hydroxylation is 2. The largest absolute Gasteiger partial charge is 0.477 e. The number of anilines is 1.